The SMILES string of the molecule is O=C(O)C(O)c1ccc(C(F)(F)F)c(-c2ccccc2C(F)(F)F)c1. The first-order valence-electron chi connectivity index (χ1n) is 6.71. The minimum absolute atomic E-state index is 0.448. The predicted octanol–water partition coefficient (Wildman–Crippen LogP) is 4.51. The number of carboxylic acid groups (broad SMARTS) is 1. The smallest absolute Gasteiger partial charge is 0.417 e. The fraction of sp³-hybridized carbons (Fsp3) is 0.188. The van der Waals surface area contributed by atoms with E-state index in [1.54, 1.807) is 0 Å². The Labute approximate surface area is 137 Å². The maximum atomic E-state index is 13.2. The topological polar surface area (TPSA) is 57.5 Å². The van der Waals surface area contributed by atoms with Gasteiger partial charge >= 0.3 is 18.3 Å². The van der Waals surface area contributed by atoms with Gasteiger partial charge in [0.1, 0.15) is 0 Å². The van der Waals surface area contributed by atoms with Gasteiger partial charge in [-0.15, -0.1) is 0 Å². The maximum Gasteiger partial charge on any atom is 0.417 e. The molecule has 2 N–H and O–H groups in total. The summed E-state index contributed by atoms with van der Waals surface area (Å²) in [5.41, 5.74) is -4.76. The average molecular weight is 364 g/mol. The van der Waals surface area contributed by atoms with Crippen molar-refractivity contribution >= 4 is 5.97 Å². The Morgan fingerprint density at radius 2 is 1.36 bits per heavy atom. The first-order valence-corrected chi connectivity index (χ1v) is 6.71. The number of halogens is 6. The van der Waals surface area contributed by atoms with Crippen molar-refractivity contribution in [1.29, 1.82) is 0 Å². The van der Waals surface area contributed by atoms with Crippen LogP contribution < -0.4 is 0 Å². The van der Waals surface area contributed by atoms with Gasteiger partial charge in [-0.05, 0) is 34.9 Å². The van der Waals surface area contributed by atoms with Crippen LogP contribution in [0.3, 0.4) is 0 Å². The third-order valence-corrected chi connectivity index (χ3v) is 3.42. The molecule has 0 amide bonds. The van der Waals surface area contributed by atoms with Crippen molar-refractivity contribution in [2.75, 3.05) is 0 Å². The number of carboxylic acids is 1. The fourth-order valence-electron chi connectivity index (χ4n) is 2.31. The molecule has 0 aliphatic rings. The molecular formula is C16H10F6O3. The second-order valence-electron chi connectivity index (χ2n) is 5.09. The quantitative estimate of drug-likeness (QED) is 0.788. The summed E-state index contributed by atoms with van der Waals surface area (Å²) in [6.45, 7) is 0. The normalized spacial score (nSPS) is 13.6. The van der Waals surface area contributed by atoms with E-state index in [4.69, 9.17) is 5.11 Å². The van der Waals surface area contributed by atoms with Crippen LogP contribution in [-0.2, 0) is 17.1 Å². The standard InChI is InChI=1S/C16H10F6O3/c17-15(18,19)11-4-2-1-3-9(11)10-7-8(13(23)14(24)25)5-6-12(10)16(20,21)22/h1-7,13,23H,(H,24,25). The van der Waals surface area contributed by atoms with Crippen LogP contribution in [0.2, 0.25) is 0 Å². The van der Waals surface area contributed by atoms with Crippen LogP contribution in [-0.4, -0.2) is 16.2 Å². The van der Waals surface area contributed by atoms with Crippen molar-refractivity contribution in [2.45, 2.75) is 18.5 Å². The zero-order valence-electron chi connectivity index (χ0n) is 12.2. The lowest BCUT2D eigenvalue weighted by molar-refractivity contribution is -0.147. The van der Waals surface area contributed by atoms with Crippen molar-refractivity contribution in [2.24, 2.45) is 0 Å². The Morgan fingerprint density at radius 1 is 0.840 bits per heavy atom. The lowest BCUT2D eigenvalue weighted by Gasteiger charge is -2.19. The fourth-order valence-corrected chi connectivity index (χ4v) is 2.31. The van der Waals surface area contributed by atoms with E-state index in [2.05, 4.69) is 0 Å². The van der Waals surface area contributed by atoms with Gasteiger partial charge in [0.15, 0.2) is 6.10 Å². The molecule has 0 radical (unpaired) electrons. The van der Waals surface area contributed by atoms with Crippen LogP contribution in [0.1, 0.15) is 22.8 Å². The van der Waals surface area contributed by atoms with Crippen molar-refractivity contribution < 1.29 is 41.4 Å². The third-order valence-electron chi connectivity index (χ3n) is 3.42. The molecule has 1 atom stereocenters. The number of aliphatic hydroxyl groups is 1. The first-order chi connectivity index (χ1) is 11.4. The Hall–Kier alpha value is -2.55. The second kappa shape index (κ2) is 6.40. The molecule has 134 valence electrons. The average Bonchev–Trinajstić information content (AvgIpc) is 2.51. The van der Waals surface area contributed by atoms with Crippen molar-refractivity contribution in [1.82, 2.24) is 0 Å². The number of rotatable bonds is 3. The second-order valence-corrected chi connectivity index (χ2v) is 5.09. The molecule has 0 spiro atoms. The summed E-state index contributed by atoms with van der Waals surface area (Å²) in [4.78, 5) is 10.8. The van der Waals surface area contributed by atoms with Crippen LogP contribution in [0.25, 0.3) is 11.1 Å². The number of hydrogen-bond donors (Lipinski definition) is 2. The molecule has 2 aromatic carbocycles. The summed E-state index contributed by atoms with van der Waals surface area (Å²) in [5.74, 6) is -1.74. The van der Waals surface area contributed by atoms with E-state index in [-0.39, 0.29) is 0 Å². The highest BCUT2D eigenvalue weighted by Crippen LogP contribution is 2.43. The van der Waals surface area contributed by atoms with Gasteiger partial charge in [-0.25, -0.2) is 4.79 Å². The van der Waals surface area contributed by atoms with Crippen LogP contribution in [0.15, 0.2) is 42.5 Å². The highest BCUT2D eigenvalue weighted by atomic mass is 19.4. The Bertz CT molecular complexity index is 795. The van der Waals surface area contributed by atoms with Crippen LogP contribution in [0.5, 0.6) is 0 Å². The molecule has 0 aliphatic carbocycles. The highest BCUT2D eigenvalue weighted by Gasteiger charge is 2.38. The van der Waals surface area contributed by atoms with Gasteiger partial charge in [0.2, 0.25) is 0 Å². The van der Waals surface area contributed by atoms with Crippen LogP contribution >= 0.6 is 0 Å². The Balaban J connectivity index is 2.79. The summed E-state index contributed by atoms with van der Waals surface area (Å²) in [5, 5.41) is 18.2. The third kappa shape index (κ3) is 3.93. The number of carbonyl (C=O) groups is 1. The van der Waals surface area contributed by atoms with E-state index in [1.807, 2.05) is 0 Å². The number of aliphatic hydroxyl groups excluding tert-OH is 1. The van der Waals surface area contributed by atoms with E-state index in [0.29, 0.717) is 24.3 Å². The molecule has 2 aromatic rings. The van der Waals surface area contributed by atoms with Gasteiger partial charge < -0.3 is 10.2 Å². The molecule has 0 heterocycles. The van der Waals surface area contributed by atoms with Crippen LogP contribution in [0.4, 0.5) is 26.3 Å². The molecule has 9 heteroatoms. The monoisotopic (exact) mass is 364 g/mol. The molecule has 0 aromatic heterocycles. The Morgan fingerprint density at radius 3 is 1.88 bits per heavy atom. The number of alkyl halides is 6. The number of aliphatic carboxylic acids is 1. The van der Waals surface area contributed by atoms with Gasteiger partial charge in [0, 0.05) is 0 Å². The van der Waals surface area contributed by atoms with Crippen molar-refractivity contribution in [3.63, 3.8) is 0 Å². The van der Waals surface area contributed by atoms with Crippen LogP contribution in [0, 0.1) is 0 Å². The molecular weight excluding hydrogens is 354 g/mol. The Kier molecular flexibility index (Phi) is 4.81. The van der Waals surface area contributed by atoms with Crippen molar-refractivity contribution in [3.05, 3.63) is 59.2 Å². The molecule has 0 aliphatic heterocycles. The lowest BCUT2D eigenvalue weighted by atomic mass is 9.92. The molecule has 2 rings (SSSR count). The zero-order valence-corrected chi connectivity index (χ0v) is 12.2. The summed E-state index contributed by atoms with van der Waals surface area (Å²) in [6.07, 6.45) is -12.1. The minimum Gasteiger partial charge on any atom is -0.479 e. The van der Waals surface area contributed by atoms with Gasteiger partial charge in [-0.1, -0.05) is 24.3 Å². The van der Waals surface area contributed by atoms with Gasteiger partial charge in [0.25, 0.3) is 0 Å². The summed E-state index contributed by atoms with van der Waals surface area (Å²) >= 11 is 0. The van der Waals surface area contributed by atoms with Gasteiger partial charge in [-0.3, -0.25) is 0 Å². The molecule has 0 saturated heterocycles. The first kappa shape index (κ1) is 18.8. The lowest BCUT2D eigenvalue weighted by Crippen LogP contribution is -2.14. The van der Waals surface area contributed by atoms with E-state index in [9.17, 15) is 36.2 Å². The van der Waals surface area contributed by atoms with Crippen molar-refractivity contribution in [3.8, 4) is 11.1 Å². The largest absolute Gasteiger partial charge is 0.479 e. The predicted molar refractivity (Wildman–Crippen MR) is 74.5 cm³/mol. The highest BCUT2D eigenvalue weighted by molar-refractivity contribution is 5.77. The van der Waals surface area contributed by atoms with E-state index >= 15 is 0 Å². The minimum atomic E-state index is -4.97. The summed E-state index contributed by atoms with van der Waals surface area (Å²) in [7, 11) is 0. The molecule has 25 heavy (non-hydrogen) atoms. The summed E-state index contributed by atoms with van der Waals surface area (Å²) < 4.78 is 79.0. The molecule has 0 saturated carbocycles. The van der Waals surface area contributed by atoms with E-state index in [1.165, 1.54) is 0 Å². The van der Waals surface area contributed by atoms with Gasteiger partial charge in [0.05, 0.1) is 11.1 Å². The molecule has 0 bridgehead atoms. The summed E-state index contributed by atoms with van der Waals surface area (Å²) in [6, 6.07) is 5.39. The number of hydrogen-bond acceptors (Lipinski definition) is 2. The molecule has 1 unspecified atom stereocenters. The maximum absolute atomic E-state index is 13.2. The van der Waals surface area contributed by atoms with E-state index in [0.717, 1.165) is 18.2 Å². The molecule has 0 fully saturated rings. The molecule has 3 nitrogen and oxygen atoms in total. The van der Waals surface area contributed by atoms with Gasteiger partial charge in [-0.2, -0.15) is 26.3 Å². The number of benzene rings is 2. The van der Waals surface area contributed by atoms with E-state index < -0.39 is 52.2 Å². The zero-order chi connectivity index (χ0) is 19.0.